The van der Waals surface area contributed by atoms with E-state index in [0.717, 1.165) is 36.7 Å². The van der Waals surface area contributed by atoms with Crippen LogP contribution in [0.2, 0.25) is 0 Å². The van der Waals surface area contributed by atoms with Gasteiger partial charge in [0, 0.05) is 19.3 Å². The zero-order valence-corrected chi connectivity index (χ0v) is 14.8. The summed E-state index contributed by atoms with van der Waals surface area (Å²) in [7, 11) is 0. The average molecular weight is 340 g/mol. The molecule has 5 heteroatoms. The third-order valence-electron chi connectivity index (χ3n) is 4.58. The van der Waals surface area contributed by atoms with E-state index >= 15 is 0 Å². The molecule has 2 aromatic rings. The average Bonchev–Trinajstić information content (AvgIpc) is 2.67. The van der Waals surface area contributed by atoms with Crippen LogP contribution in [0.4, 0.5) is 0 Å². The van der Waals surface area contributed by atoms with Crippen LogP contribution in [-0.4, -0.2) is 28.1 Å². The van der Waals surface area contributed by atoms with Gasteiger partial charge in [0.15, 0.2) is 5.11 Å². The van der Waals surface area contributed by atoms with Crippen LogP contribution in [-0.2, 0) is 0 Å². The molecule has 0 aliphatic carbocycles. The lowest BCUT2D eigenvalue weighted by Gasteiger charge is -2.34. The summed E-state index contributed by atoms with van der Waals surface area (Å²) in [4.78, 5) is 6.60. The van der Waals surface area contributed by atoms with E-state index in [4.69, 9.17) is 12.2 Å². The molecule has 0 spiro atoms. The highest BCUT2D eigenvalue weighted by Gasteiger charge is 2.22. The third-order valence-corrected chi connectivity index (χ3v) is 4.94. The van der Waals surface area contributed by atoms with Crippen LogP contribution in [0.25, 0.3) is 0 Å². The fourth-order valence-electron chi connectivity index (χ4n) is 3.10. The maximum Gasteiger partial charge on any atom is 0.183 e. The number of aromatic nitrogens is 1. The standard InChI is InChI=1S/C19H24N4S/c1-15(18-9-5-6-12-20-18)21-22-19(24)23-13-10-17(11-14-23)16-7-3-2-4-8-16/h2-9,12,15,17,21H,10-11,13-14H2,1H3,(H,22,24). The minimum atomic E-state index is 0.103. The molecule has 1 aliphatic heterocycles. The van der Waals surface area contributed by atoms with E-state index in [1.165, 1.54) is 5.56 Å². The molecule has 1 atom stereocenters. The Bertz CT molecular complexity index is 639. The number of benzene rings is 1. The summed E-state index contributed by atoms with van der Waals surface area (Å²) in [5.74, 6) is 0.644. The van der Waals surface area contributed by atoms with Crippen LogP contribution in [0.3, 0.4) is 0 Å². The van der Waals surface area contributed by atoms with E-state index in [1.54, 1.807) is 6.20 Å². The lowest BCUT2D eigenvalue weighted by molar-refractivity contribution is 0.304. The molecule has 2 heterocycles. The number of pyridine rings is 1. The Morgan fingerprint density at radius 2 is 1.83 bits per heavy atom. The predicted octanol–water partition coefficient (Wildman–Crippen LogP) is 3.40. The first-order valence-corrected chi connectivity index (χ1v) is 8.91. The van der Waals surface area contributed by atoms with Crippen LogP contribution >= 0.6 is 12.2 Å². The summed E-state index contributed by atoms with van der Waals surface area (Å²) < 4.78 is 0. The SMILES string of the molecule is CC(NNC(=S)N1CCC(c2ccccc2)CC1)c1ccccn1. The Kier molecular flexibility index (Phi) is 5.77. The number of thiocarbonyl (C=S) groups is 1. The first-order valence-electron chi connectivity index (χ1n) is 8.50. The maximum absolute atomic E-state index is 5.53. The van der Waals surface area contributed by atoms with Crippen LogP contribution < -0.4 is 10.9 Å². The molecule has 0 bridgehead atoms. The second-order valence-electron chi connectivity index (χ2n) is 6.22. The van der Waals surface area contributed by atoms with Crippen LogP contribution in [0.1, 0.15) is 43.0 Å². The summed E-state index contributed by atoms with van der Waals surface area (Å²) >= 11 is 5.53. The van der Waals surface area contributed by atoms with E-state index in [-0.39, 0.29) is 6.04 Å². The summed E-state index contributed by atoms with van der Waals surface area (Å²) in [6.07, 6.45) is 4.09. The van der Waals surface area contributed by atoms with Crippen molar-refractivity contribution in [2.45, 2.75) is 31.7 Å². The van der Waals surface area contributed by atoms with Gasteiger partial charge in [0.2, 0.25) is 0 Å². The molecule has 0 radical (unpaired) electrons. The van der Waals surface area contributed by atoms with Gasteiger partial charge in [-0.25, -0.2) is 5.43 Å². The van der Waals surface area contributed by atoms with Crippen LogP contribution in [0, 0.1) is 0 Å². The molecule has 1 saturated heterocycles. The van der Waals surface area contributed by atoms with Crippen LogP contribution in [0.15, 0.2) is 54.7 Å². The van der Waals surface area contributed by atoms with Crippen molar-refractivity contribution < 1.29 is 0 Å². The first-order chi connectivity index (χ1) is 11.7. The first kappa shape index (κ1) is 16.9. The monoisotopic (exact) mass is 340 g/mol. The van der Waals surface area contributed by atoms with Crippen molar-refractivity contribution in [2.75, 3.05) is 13.1 Å². The highest BCUT2D eigenvalue weighted by Crippen LogP contribution is 2.27. The van der Waals surface area contributed by atoms with Crippen molar-refractivity contribution in [3.05, 3.63) is 66.0 Å². The lowest BCUT2D eigenvalue weighted by Crippen LogP contribution is -2.49. The van der Waals surface area contributed by atoms with Gasteiger partial charge >= 0.3 is 0 Å². The molecular formula is C19H24N4S. The van der Waals surface area contributed by atoms with Gasteiger partial charge in [-0.15, -0.1) is 0 Å². The van der Waals surface area contributed by atoms with Gasteiger partial charge in [-0.05, 0) is 55.6 Å². The Morgan fingerprint density at radius 1 is 1.12 bits per heavy atom. The molecule has 1 aliphatic rings. The molecule has 126 valence electrons. The molecule has 1 fully saturated rings. The number of piperidine rings is 1. The van der Waals surface area contributed by atoms with Crippen molar-refractivity contribution in [3.8, 4) is 0 Å². The summed E-state index contributed by atoms with van der Waals surface area (Å²) in [5.41, 5.74) is 8.85. The second-order valence-corrected chi connectivity index (χ2v) is 6.61. The Hall–Kier alpha value is -1.98. The van der Waals surface area contributed by atoms with Crippen LogP contribution in [0.5, 0.6) is 0 Å². The molecule has 0 saturated carbocycles. The Labute approximate surface area is 149 Å². The fourth-order valence-corrected chi connectivity index (χ4v) is 3.34. The largest absolute Gasteiger partial charge is 0.348 e. The molecule has 1 aromatic carbocycles. The number of rotatable bonds is 4. The zero-order chi connectivity index (χ0) is 16.8. The van der Waals surface area contributed by atoms with E-state index < -0.39 is 0 Å². The number of hydrazine groups is 1. The number of hydrogen-bond acceptors (Lipinski definition) is 3. The molecular weight excluding hydrogens is 316 g/mol. The number of nitrogens with one attached hydrogen (secondary N) is 2. The van der Waals surface area contributed by atoms with Gasteiger partial charge in [-0.1, -0.05) is 36.4 Å². The minimum absolute atomic E-state index is 0.103. The van der Waals surface area contributed by atoms with Gasteiger partial charge in [0.25, 0.3) is 0 Å². The van der Waals surface area contributed by atoms with Gasteiger partial charge in [-0.3, -0.25) is 10.4 Å². The predicted molar refractivity (Wildman–Crippen MR) is 102 cm³/mol. The quantitative estimate of drug-likeness (QED) is 0.659. The van der Waals surface area contributed by atoms with Crippen molar-refractivity contribution >= 4 is 17.3 Å². The maximum atomic E-state index is 5.53. The number of hydrogen-bond donors (Lipinski definition) is 2. The van der Waals surface area contributed by atoms with Gasteiger partial charge in [-0.2, -0.15) is 0 Å². The topological polar surface area (TPSA) is 40.2 Å². The fraction of sp³-hybridized carbons (Fsp3) is 0.368. The third kappa shape index (κ3) is 4.30. The Morgan fingerprint density at radius 3 is 2.50 bits per heavy atom. The lowest BCUT2D eigenvalue weighted by atomic mass is 9.90. The van der Waals surface area contributed by atoms with Gasteiger partial charge < -0.3 is 4.90 Å². The molecule has 3 rings (SSSR count). The molecule has 0 amide bonds. The Balaban J connectivity index is 1.45. The summed E-state index contributed by atoms with van der Waals surface area (Å²) in [6.45, 7) is 4.05. The van der Waals surface area contributed by atoms with Crippen molar-refractivity contribution in [1.82, 2.24) is 20.7 Å². The molecule has 4 nitrogen and oxygen atoms in total. The van der Waals surface area contributed by atoms with Gasteiger partial charge in [0.05, 0.1) is 11.7 Å². The van der Waals surface area contributed by atoms with Crippen molar-refractivity contribution in [2.24, 2.45) is 0 Å². The molecule has 2 N–H and O–H groups in total. The van der Waals surface area contributed by atoms with E-state index in [9.17, 15) is 0 Å². The minimum Gasteiger partial charge on any atom is -0.348 e. The second kappa shape index (κ2) is 8.22. The zero-order valence-electron chi connectivity index (χ0n) is 14.0. The van der Waals surface area contributed by atoms with Crippen molar-refractivity contribution in [3.63, 3.8) is 0 Å². The van der Waals surface area contributed by atoms with Crippen molar-refractivity contribution in [1.29, 1.82) is 0 Å². The van der Waals surface area contributed by atoms with E-state index in [0.29, 0.717) is 5.92 Å². The van der Waals surface area contributed by atoms with E-state index in [2.05, 4.69) is 58.0 Å². The summed E-state index contributed by atoms with van der Waals surface area (Å²) in [6, 6.07) is 16.8. The highest BCUT2D eigenvalue weighted by atomic mass is 32.1. The number of nitrogens with zero attached hydrogens (tertiary/aromatic N) is 2. The summed E-state index contributed by atoms with van der Waals surface area (Å²) in [5, 5.41) is 0.768. The van der Waals surface area contributed by atoms with E-state index in [1.807, 2.05) is 18.2 Å². The van der Waals surface area contributed by atoms with Gasteiger partial charge in [0.1, 0.15) is 0 Å². The number of likely N-dealkylation sites (tertiary alicyclic amines) is 1. The highest BCUT2D eigenvalue weighted by molar-refractivity contribution is 7.80. The molecule has 1 aromatic heterocycles. The molecule has 24 heavy (non-hydrogen) atoms. The normalized spacial score (nSPS) is 16.6. The smallest absolute Gasteiger partial charge is 0.183 e. The molecule has 1 unspecified atom stereocenters.